The first-order valence-electron chi connectivity index (χ1n) is 8.77. The number of aromatic nitrogens is 3. The van der Waals surface area contributed by atoms with Crippen LogP contribution in [0.4, 0.5) is 18.9 Å². The minimum atomic E-state index is -4.70. The van der Waals surface area contributed by atoms with Crippen molar-refractivity contribution in [2.24, 2.45) is 0 Å². The predicted octanol–water partition coefficient (Wildman–Crippen LogP) is 5.31. The fraction of sp³-hybridized carbons (Fsp3) is 0.150. The minimum absolute atomic E-state index is 0.0622. The van der Waals surface area contributed by atoms with Gasteiger partial charge in [-0.15, -0.1) is 0 Å². The number of benzene rings is 2. The van der Waals surface area contributed by atoms with Crippen molar-refractivity contribution in [2.75, 3.05) is 5.32 Å². The lowest BCUT2D eigenvalue weighted by Gasteiger charge is -2.08. The smallest absolute Gasteiger partial charge is 0.338 e. The van der Waals surface area contributed by atoms with Crippen molar-refractivity contribution >= 4 is 34.1 Å². The summed E-state index contributed by atoms with van der Waals surface area (Å²) in [6.07, 6.45) is -2.90. The molecule has 1 N–H and O–H groups in total. The monoisotopic (exact) mass is 434 g/mol. The van der Waals surface area contributed by atoms with Gasteiger partial charge in [0.15, 0.2) is 0 Å². The van der Waals surface area contributed by atoms with Gasteiger partial charge in [0.25, 0.3) is 0 Å². The molecule has 4 rings (SSSR count). The summed E-state index contributed by atoms with van der Waals surface area (Å²) in [6, 6.07) is 11.7. The second-order valence-corrected chi connectivity index (χ2v) is 7.08. The predicted molar refractivity (Wildman–Crippen MR) is 105 cm³/mol. The van der Waals surface area contributed by atoms with E-state index in [0.29, 0.717) is 16.3 Å². The Bertz CT molecular complexity index is 1230. The maximum absolute atomic E-state index is 12.7. The Hall–Kier alpha value is -3.33. The zero-order valence-corrected chi connectivity index (χ0v) is 16.3. The molecule has 0 saturated heterocycles. The van der Waals surface area contributed by atoms with Crippen LogP contribution in [0.1, 0.15) is 11.5 Å². The molecule has 1 amide bonds. The summed E-state index contributed by atoms with van der Waals surface area (Å²) in [5.74, 6) is -1.78. The number of halogens is 4. The van der Waals surface area contributed by atoms with Gasteiger partial charge in [0.05, 0.1) is 0 Å². The molecule has 0 radical (unpaired) electrons. The van der Waals surface area contributed by atoms with Crippen LogP contribution < -0.4 is 5.32 Å². The van der Waals surface area contributed by atoms with Crippen LogP contribution in [0.25, 0.3) is 22.3 Å². The number of nitrogens with zero attached hydrogens (tertiary/aromatic N) is 3. The number of carbonyl (C=O) groups excluding carboxylic acids is 1. The number of fused-ring (bicyclic) bond motifs is 1. The lowest BCUT2D eigenvalue weighted by atomic mass is 10.1. The largest absolute Gasteiger partial charge is 0.471 e. The number of hydrogen-bond acceptors (Lipinski definition) is 4. The van der Waals surface area contributed by atoms with E-state index < -0.39 is 12.1 Å². The number of alkyl halides is 3. The number of nitrogens with one attached hydrogen (secondary N) is 1. The number of anilines is 1. The topological polar surface area (TPSA) is 73.0 Å². The highest BCUT2D eigenvalue weighted by Crippen LogP contribution is 2.31. The Morgan fingerprint density at radius 3 is 2.60 bits per heavy atom. The molecule has 0 spiro atoms. The molecule has 0 atom stereocenters. The maximum Gasteiger partial charge on any atom is 0.471 e. The van der Waals surface area contributed by atoms with Crippen LogP contribution in [-0.2, 0) is 17.5 Å². The number of amides is 1. The van der Waals surface area contributed by atoms with Crippen molar-refractivity contribution in [3.8, 4) is 11.4 Å². The molecule has 0 saturated carbocycles. The Morgan fingerprint density at radius 1 is 1.20 bits per heavy atom. The van der Waals surface area contributed by atoms with Gasteiger partial charge in [-0.1, -0.05) is 16.8 Å². The van der Waals surface area contributed by atoms with Crippen LogP contribution in [-0.4, -0.2) is 20.6 Å². The third-order valence-corrected chi connectivity index (χ3v) is 4.70. The van der Waals surface area contributed by atoms with Gasteiger partial charge in [-0.3, -0.25) is 4.79 Å². The number of aryl methyl sites for hydroxylation is 1. The summed E-state index contributed by atoms with van der Waals surface area (Å²) in [5, 5.41) is 7.54. The van der Waals surface area contributed by atoms with Gasteiger partial charge in [-0.25, -0.2) is 0 Å². The third kappa shape index (κ3) is 4.02. The van der Waals surface area contributed by atoms with Crippen LogP contribution >= 0.6 is 11.6 Å². The molecule has 10 heteroatoms. The quantitative estimate of drug-likeness (QED) is 0.472. The van der Waals surface area contributed by atoms with E-state index in [-0.39, 0.29) is 18.3 Å². The fourth-order valence-electron chi connectivity index (χ4n) is 3.09. The average Bonchev–Trinajstić information content (AvgIpc) is 3.29. The van der Waals surface area contributed by atoms with Crippen molar-refractivity contribution in [3.05, 3.63) is 65.1 Å². The van der Waals surface area contributed by atoms with Crippen LogP contribution in [0.3, 0.4) is 0 Å². The summed E-state index contributed by atoms with van der Waals surface area (Å²) < 4.78 is 44.1. The number of hydrogen-bond donors (Lipinski definition) is 1. The van der Waals surface area contributed by atoms with Gasteiger partial charge in [-0.05, 0) is 55.0 Å². The fourth-order valence-corrected chi connectivity index (χ4v) is 3.22. The molecular weight excluding hydrogens is 421 g/mol. The summed E-state index contributed by atoms with van der Waals surface area (Å²) >= 11 is 5.84. The number of carbonyl (C=O) groups is 1. The van der Waals surface area contributed by atoms with Crippen molar-refractivity contribution in [3.63, 3.8) is 0 Å². The maximum atomic E-state index is 12.7. The van der Waals surface area contributed by atoms with Crippen LogP contribution in [0.2, 0.25) is 5.02 Å². The lowest BCUT2D eigenvalue weighted by molar-refractivity contribution is -0.159. The van der Waals surface area contributed by atoms with Gasteiger partial charge < -0.3 is 14.4 Å². The van der Waals surface area contributed by atoms with Crippen LogP contribution in [0, 0.1) is 6.92 Å². The molecule has 2 aromatic carbocycles. The molecule has 0 aliphatic rings. The van der Waals surface area contributed by atoms with Crippen molar-refractivity contribution < 1.29 is 22.5 Å². The molecule has 0 fully saturated rings. The van der Waals surface area contributed by atoms with E-state index in [4.69, 9.17) is 11.6 Å². The Balaban J connectivity index is 1.58. The zero-order chi connectivity index (χ0) is 21.5. The SMILES string of the molecule is Cc1cn(CC(=O)Nc2ccc(Cl)cc2)c2ccc(-c3noc(C(F)(F)F)n3)cc12. The van der Waals surface area contributed by atoms with Crippen LogP contribution in [0.15, 0.2) is 53.2 Å². The third-order valence-electron chi connectivity index (χ3n) is 4.45. The molecule has 30 heavy (non-hydrogen) atoms. The first-order chi connectivity index (χ1) is 14.2. The second kappa shape index (κ2) is 7.49. The first-order valence-corrected chi connectivity index (χ1v) is 9.15. The summed E-state index contributed by atoms with van der Waals surface area (Å²) in [6.45, 7) is 1.91. The standard InChI is InChI=1S/C20H14ClF3N4O2/c1-11-9-28(10-17(29)25-14-5-3-13(21)4-6-14)16-7-2-12(8-15(11)16)18-26-19(30-27-18)20(22,23)24/h2-9H,10H2,1H3,(H,25,29). The highest BCUT2D eigenvalue weighted by atomic mass is 35.5. The molecule has 0 unspecified atom stereocenters. The summed E-state index contributed by atoms with van der Waals surface area (Å²) in [7, 11) is 0. The van der Waals surface area contributed by atoms with Crippen molar-refractivity contribution in [1.82, 2.24) is 14.7 Å². The first kappa shape index (κ1) is 20.0. The molecular formula is C20H14ClF3N4O2. The molecule has 0 aliphatic heterocycles. The molecule has 2 aromatic heterocycles. The van der Waals surface area contributed by atoms with E-state index in [2.05, 4.69) is 20.0 Å². The van der Waals surface area contributed by atoms with E-state index in [1.165, 1.54) is 0 Å². The van der Waals surface area contributed by atoms with Gasteiger partial charge in [0.2, 0.25) is 11.7 Å². The van der Waals surface area contributed by atoms with E-state index in [1.54, 1.807) is 53.2 Å². The van der Waals surface area contributed by atoms with E-state index in [0.717, 1.165) is 16.5 Å². The Labute approximate surface area is 173 Å². The van der Waals surface area contributed by atoms with E-state index in [1.807, 2.05) is 6.92 Å². The minimum Gasteiger partial charge on any atom is -0.338 e. The van der Waals surface area contributed by atoms with Crippen LogP contribution in [0.5, 0.6) is 0 Å². The molecule has 154 valence electrons. The molecule has 4 aromatic rings. The number of rotatable bonds is 4. The highest BCUT2D eigenvalue weighted by Gasteiger charge is 2.38. The Morgan fingerprint density at radius 2 is 1.93 bits per heavy atom. The van der Waals surface area contributed by atoms with Gasteiger partial charge in [0, 0.05) is 33.4 Å². The lowest BCUT2D eigenvalue weighted by Crippen LogP contribution is -2.18. The zero-order valence-electron chi connectivity index (χ0n) is 15.5. The Kier molecular flexibility index (Phi) is 4.98. The van der Waals surface area contributed by atoms with E-state index in [9.17, 15) is 18.0 Å². The molecule has 0 aliphatic carbocycles. The summed E-state index contributed by atoms with van der Waals surface area (Å²) in [4.78, 5) is 15.8. The normalized spacial score (nSPS) is 11.8. The van der Waals surface area contributed by atoms with Crippen molar-refractivity contribution in [1.29, 1.82) is 0 Å². The van der Waals surface area contributed by atoms with Gasteiger partial charge >= 0.3 is 12.1 Å². The van der Waals surface area contributed by atoms with Crippen molar-refractivity contribution in [2.45, 2.75) is 19.6 Å². The molecule has 2 heterocycles. The van der Waals surface area contributed by atoms with Gasteiger partial charge in [-0.2, -0.15) is 18.2 Å². The summed E-state index contributed by atoms with van der Waals surface area (Å²) in [5.41, 5.74) is 2.61. The second-order valence-electron chi connectivity index (χ2n) is 6.65. The molecule has 0 bridgehead atoms. The van der Waals surface area contributed by atoms with E-state index >= 15 is 0 Å². The van der Waals surface area contributed by atoms with Gasteiger partial charge in [0.1, 0.15) is 6.54 Å². The average molecular weight is 435 g/mol. The highest BCUT2D eigenvalue weighted by molar-refractivity contribution is 6.30. The molecule has 6 nitrogen and oxygen atoms in total.